The largest absolute Gasteiger partial charge is 0.489 e. The molecule has 2 aromatic carbocycles. The lowest BCUT2D eigenvalue weighted by atomic mass is 9.72. The number of rotatable bonds is 6. The number of carboxylic acids is 1. The Morgan fingerprint density at radius 2 is 1.81 bits per heavy atom. The number of halogens is 1. The summed E-state index contributed by atoms with van der Waals surface area (Å²) >= 11 is 0. The van der Waals surface area contributed by atoms with Crippen LogP contribution in [0, 0.1) is 11.8 Å². The third-order valence-corrected chi connectivity index (χ3v) is 6.43. The summed E-state index contributed by atoms with van der Waals surface area (Å²) in [7, 11) is 0. The first-order valence-electron chi connectivity index (χ1n) is 11.0. The van der Waals surface area contributed by atoms with Crippen molar-refractivity contribution in [3.05, 3.63) is 54.1 Å². The normalized spacial score (nSPS) is 24.5. The Labute approximate surface area is 194 Å². The average molecular weight is 460 g/mol. The lowest BCUT2D eigenvalue weighted by molar-refractivity contribution is -0.141. The Bertz CT molecular complexity index is 935. The zero-order chi connectivity index (χ0) is 21.8. The Hall–Kier alpha value is -2.57. The molecule has 172 valence electrons. The minimum Gasteiger partial charge on any atom is -0.489 e. The minimum atomic E-state index is -0.790. The van der Waals surface area contributed by atoms with Crippen LogP contribution in [0.5, 0.6) is 5.75 Å². The molecule has 2 fully saturated rings. The molecule has 2 N–H and O–H groups in total. The molecule has 4 rings (SSSR count). The van der Waals surface area contributed by atoms with Crippen LogP contribution in [-0.2, 0) is 9.53 Å². The van der Waals surface area contributed by atoms with Crippen molar-refractivity contribution < 1.29 is 24.2 Å². The van der Waals surface area contributed by atoms with Crippen LogP contribution in [0.15, 0.2) is 48.5 Å². The zero-order valence-electron chi connectivity index (χ0n) is 18.2. The molecule has 1 saturated carbocycles. The Morgan fingerprint density at radius 3 is 2.53 bits per heavy atom. The van der Waals surface area contributed by atoms with Crippen molar-refractivity contribution >= 4 is 24.3 Å². The van der Waals surface area contributed by atoms with Gasteiger partial charge in [0.1, 0.15) is 17.4 Å². The highest BCUT2D eigenvalue weighted by atomic mass is 35.5. The summed E-state index contributed by atoms with van der Waals surface area (Å²) in [5.41, 5.74) is 2.46. The summed E-state index contributed by atoms with van der Waals surface area (Å²) < 4.78 is 11.6. The predicted molar refractivity (Wildman–Crippen MR) is 124 cm³/mol. The number of benzene rings is 2. The quantitative estimate of drug-likeness (QED) is 0.616. The van der Waals surface area contributed by atoms with Crippen molar-refractivity contribution in [2.24, 2.45) is 11.8 Å². The van der Waals surface area contributed by atoms with Gasteiger partial charge in [0.05, 0.1) is 12.7 Å². The molecule has 32 heavy (non-hydrogen) atoms. The van der Waals surface area contributed by atoms with Crippen molar-refractivity contribution in [3.63, 3.8) is 0 Å². The van der Waals surface area contributed by atoms with Crippen LogP contribution < -0.4 is 10.1 Å². The molecule has 7 heteroatoms. The molecule has 1 aliphatic heterocycles. The second-order valence-corrected chi connectivity index (χ2v) is 8.41. The number of fused-ring (bicyclic) bond motifs is 1. The van der Waals surface area contributed by atoms with E-state index >= 15 is 0 Å². The average Bonchev–Trinajstić information content (AvgIpc) is 2.79. The summed E-state index contributed by atoms with van der Waals surface area (Å²) in [6, 6.07) is 15.1. The van der Waals surface area contributed by atoms with Gasteiger partial charge in [-0.25, -0.2) is 4.79 Å². The van der Waals surface area contributed by atoms with Crippen molar-refractivity contribution in [1.29, 1.82) is 0 Å². The molecule has 2 aliphatic rings. The Morgan fingerprint density at radius 1 is 1.03 bits per heavy atom. The molecule has 6 nitrogen and oxygen atoms in total. The molecule has 1 heterocycles. The molecule has 0 amide bonds. The number of esters is 1. The van der Waals surface area contributed by atoms with E-state index in [2.05, 4.69) is 5.32 Å². The summed E-state index contributed by atoms with van der Waals surface area (Å²) in [6.45, 7) is 2.83. The topological polar surface area (TPSA) is 84.9 Å². The van der Waals surface area contributed by atoms with E-state index in [-0.39, 0.29) is 18.5 Å². The molecule has 0 radical (unpaired) electrons. The van der Waals surface area contributed by atoms with E-state index < -0.39 is 18.0 Å². The lowest BCUT2D eigenvalue weighted by Crippen LogP contribution is -2.50. The number of nitrogens with one attached hydrogen (secondary N) is 1. The number of hydrogen-bond acceptors (Lipinski definition) is 5. The molecule has 0 aromatic heterocycles. The molecule has 1 saturated heterocycles. The molecular formula is C25H30ClNO5. The summed E-state index contributed by atoms with van der Waals surface area (Å²) in [5.74, 6) is 0.146. The van der Waals surface area contributed by atoms with E-state index in [9.17, 15) is 14.7 Å². The maximum absolute atomic E-state index is 12.5. The van der Waals surface area contributed by atoms with Gasteiger partial charge in [-0.3, -0.25) is 4.79 Å². The van der Waals surface area contributed by atoms with Crippen LogP contribution in [0.1, 0.15) is 43.0 Å². The van der Waals surface area contributed by atoms with Crippen molar-refractivity contribution in [1.82, 2.24) is 5.32 Å². The number of ether oxygens (including phenoxy) is 2. The van der Waals surface area contributed by atoms with Gasteiger partial charge in [0.25, 0.3) is 0 Å². The van der Waals surface area contributed by atoms with Gasteiger partial charge < -0.3 is 19.9 Å². The third-order valence-electron chi connectivity index (χ3n) is 6.43. The van der Waals surface area contributed by atoms with Gasteiger partial charge in [0.2, 0.25) is 0 Å². The summed E-state index contributed by atoms with van der Waals surface area (Å²) in [6.07, 6.45) is 3.25. The number of piperidine rings is 1. The van der Waals surface area contributed by atoms with Crippen LogP contribution in [0.25, 0.3) is 11.1 Å². The van der Waals surface area contributed by atoms with E-state index in [1.807, 2.05) is 42.5 Å². The van der Waals surface area contributed by atoms with Crippen molar-refractivity contribution in [2.45, 2.75) is 44.8 Å². The predicted octanol–water partition coefficient (Wildman–Crippen LogP) is 4.56. The zero-order valence-corrected chi connectivity index (χ0v) is 19.0. The Balaban J connectivity index is 0.00000289. The van der Waals surface area contributed by atoms with Gasteiger partial charge in [0, 0.05) is 0 Å². The van der Waals surface area contributed by atoms with Crippen molar-refractivity contribution in [3.8, 4) is 16.9 Å². The second kappa shape index (κ2) is 10.8. The molecule has 4 unspecified atom stereocenters. The fourth-order valence-electron chi connectivity index (χ4n) is 4.80. The maximum Gasteiger partial charge on any atom is 0.341 e. The van der Waals surface area contributed by atoms with E-state index in [0.29, 0.717) is 36.2 Å². The SMILES string of the molecule is CCOC(=O)c1ccc(-c2ccccc2)cc1OC1CCC2CNC(C(=O)O)CC2C1.Cl. The molecule has 0 bridgehead atoms. The fraction of sp³-hybridized carbons (Fsp3) is 0.440. The van der Waals surface area contributed by atoms with Crippen molar-refractivity contribution in [2.75, 3.05) is 13.2 Å². The number of carboxylic acid groups (broad SMARTS) is 1. The van der Waals surface area contributed by atoms with Crippen LogP contribution in [-0.4, -0.2) is 42.3 Å². The smallest absolute Gasteiger partial charge is 0.341 e. The highest BCUT2D eigenvalue weighted by Gasteiger charge is 2.38. The molecule has 2 aromatic rings. The van der Waals surface area contributed by atoms with Gasteiger partial charge in [-0.05, 0) is 74.2 Å². The number of hydrogen-bond donors (Lipinski definition) is 2. The third kappa shape index (κ3) is 5.43. The summed E-state index contributed by atoms with van der Waals surface area (Å²) in [4.78, 5) is 23.9. The number of aliphatic carboxylic acids is 1. The monoisotopic (exact) mass is 459 g/mol. The molecule has 4 atom stereocenters. The first-order chi connectivity index (χ1) is 15.0. The van der Waals surface area contributed by atoms with Gasteiger partial charge in [0.15, 0.2) is 0 Å². The lowest BCUT2D eigenvalue weighted by Gasteiger charge is -2.41. The van der Waals surface area contributed by atoms with Gasteiger partial charge in [-0.1, -0.05) is 36.4 Å². The van der Waals surface area contributed by atoms with Crippen LogP contribution in [0.2, 0.25) is 0 Å². The van der Waals surface area contributed by atoms with E-state index in [0.717, 1.165) is 36.9 Å². The van der Waals surface area contributed by atoms with E-state index in [1.54, 1.807) is 13.0 Å². The fourth-order valence-corrected chi connectivity index (χ4v) is 4.80. The van der Waals surface area contributed by atoms with Gasteiger partial charge in [-0.2, -0.15) is 0 Å². The first-order valence-corrected chi connectivity index (χ1v) is 11.0. The van der Waals surface area contributed by atoms with Crippen LogP contribution in [0.4, 0.5) is 0 Å². The highest BCUT2D eigenvalue weighted by molar-refractivity contribution is 5.93. The van der Waals surface area contributed by atoms with Gasteiger partial charge in [-0.15, -0.1) is 12.4 Å². The maximum atomic E-state index is 12.5. The highest BCUT2D eigenvalue weighted by Crippen LogP contribution is 2.38. The number of carbonyl (C=O) groups is 2. The standard InChI is InChI=1S/C25H29NO5.ClH/c1-2-30-25(29)21-11-9-17(16-6-4-3-5-7-16)14-23(21)31-20-10-8-18-15-26-22(24(27)28)13-19(18)12-20;/h3-7,9,11,14,18-20,22,26H,2,8,10,12-13,15H2,1H3,(H,27,28);1H. The molecular weight excluding hydrogens is 430 g/mol. The van der Waals surface area contributed by atoms with Gasteiger partial charge >= 0.3 is 11.9 Å². The second-order valence-electron chi connectivity index (χ2n) is 8.41. The van der Waals surface area contributed by atoms with Crippen LogP contribution >= 0.6 is 12.4 Å². The minimum absolute atomic E-state index is 0. The molecule has 1 aliphatic carbocycles. The number of carbonyl (C=O) groups excluding carboxylic acids is 1. The Kier molecular flexibility index (Phi) is 8.15. The van der Waals surface area contributed by atoms with E-state index in [1.165, 1.54) is 0 Å². The van der Waals surface area contributed by atoms with E-state index in [4.69, 9.17) is 9.47 Å². The first kappa shape index (κ1) is 24.1. The summed E-state index contributed by atoms with van der Waals surface area (Å²) in [5, 5.41) is 12.5. The molecule has 0 spiro atoms. The van der Waals surface area contributed by atoms with Crippen LogP contribution in [0.3, 0.4) is 0 Å².